The first-order valence-electron chi connectivity index (χ1n) is 9.59. The number of aryl methyl sites for hydroxylation is 1. The zero-order valence-electron chi connectivity index (χ0n) is 16.5. The molecule has 2 aromatic heterocycles. The number of aromatic nitrogens is 2. The van der Waals surface area contributed by atoms with Gasteiger partial charge in [0.1, 0.15) is 0 Å². The zero-order valence-corrected chi connectivity index (χ0v) is 18.9. The van der Waals surface area contributed by atoms with Crippen molar-refractivity contribution in [1.82, 2.24) is 14.9 Å². The van der Waals surface area contributed by atoms with Gasteiger partial charge in [0.05, 0.1) is 11.3 Å². The van der Waals surface area contributed by atoms with Crippen LogP contribution in [0.5, 0.6) is 0 Å². The molecule has 0 bridgehead atoms. The highest BCUT2D eigenvalue weighted by Gasteiger charge is 2.25. The maximum absolute atomic E-state index is 13.3. The number of piperidine rings is 1. The fraction of sp³-hybridized carbons (Fsp3) is 0.318. The summed E-state index contributed by atoms with van der Waals surface area (Å²) in [5, 5.41) is 4.29. The normalized spacial score (nSPS) is 14.5. The van der Waals surface area contributed by atoms with Crippen molar-refractivity contribution in [2.75, 3.05) is 18.4 Å². The molecule has 3 aromatic rings. The minimum absolute atomic E-state index is 0. The van der Waals surface area contributed by atoms with Crippen molar-refractivity contribution >= 4 is 56.7 Å². The quantitative estimate of drug-likeness (QED) is 0.525. The molecule has 0 atom stereocenters. The molecular formula is C22H24BrClN4O. The lowest BCUT2D eigenvalue weighted by atomic mass is 9.98. The van der Waals surface area contributed by atoms with E-state index in [9.17, 15) is 4.79 Å². The number of benzene rings is 1. The zero-order chi connectivity index (χ0) is 19.7. The summed E-state index contributed by atoms with van der Waals surface area (Å²) in [6.45, 7) is 5.77. The minimum Gasteiger partial charge on any atom is -0.354 e. The summed E-state index contributed by atoms with van der Waals surface area (Å²) >= 11 is 3.46. The monoisotopic (exact) mass is 474 g/mol. The van der Waals surface area contributed by atoms with Crippen molar-refractivity contribution in [2.24, 2.45) is 5.92 Å². The van der Waals surface area contributed by atoms with Crippen molar-refractivity contribution in [2.45, 2.75) is 26.7 Å². The SMILES string of the molecule is Cc1ccc2c(Nc3ccc(Br)cc3)c(C(=O)N3CCC(C)CC3)cnc2n1.Cl. The van der Waals surface area contributed by atoms with Gasteiger partial charge in [0.15, 0.2) is 5.65 Å². The molecule has 29 heavy (non-hydrogen) atoms. The fourth-order valence-electron chi connectivity index (χ4n) is 3.53. The molecule has 1 N–H and O–H groups in total. The Morgan fingerprint density at radius 2 is 1.83 bits per heavy atom. The number of pyridine rings is 2. The number of fused-ring (bicyclic) bond motifs is 1. The molecule has 1 fully saturated rings. The summed E-state index contributed by atoms with van der Waals surface area (Å²) in [7, 11) is 0. The molecule has 1 aromatic carbocycles. The average molecular weight is 476 g/mol. The number of hydrogen-bond donors (Lipinski definition) is 1. The highest BCUT2D eigenvalue weighted by Crippen LogP contribution is 2.31. The van der Waals surface area contributed by atoms with Gasteiger partial charge in [-0.15, -0.1) is 12.4 Å². The van der Waals surface area contributed by atoms with Crippen LogP contribution in [0, 0.1) is 12.8 Å². The molecule has 1 saturated heterocycles. The molecule has 152 valence electrons. The van der Waals surface area contributed by atoms with Gasteiger partial charge in [-0.25, -0.2) is 9.97 Å². The number of carbonyl (C=O) groups is 1. The maximum atomic E-state index is 13.3. The van der Waals surface area contributed by atoms with Crippen molar-refractivity contribution < 1.29 is 4.79 Å². The Bertz CT molecular complexity index is 1020. The van der Waals surface area contributed by atoms with Crippen molar-refractivity contribution in [3.8, 4) is 0 Å². The molecule has 3 heterocycles. The molecule has 0 unspecified atom stereocenters. The van der Waals surface area contributed by atoms with Crippen molar-refractivity contribution in [1.29, 1.82) is 0 Å². The lowest BCUT2D eigenvalue weighted by Gasteiger charge is -2.31. The summed E-state index contributed by atoms with van der Waals surface area (Å²) in [5.74, 6) is 0.702. The molecular weight excluding hydrogens is 452 g/mol. The Labute approximate surface area is 185 Å². The number of nitrogens with one attached hydrogen (secondary N) is 1. The van der Waals surface area contributed by atoms with Crippen LogP contribution in [-0.2, 0) is 0 Å². The molecule has 0 saturated carbocycles. The lowest BCUT2D eigenvalue weighted by molar-refractivity contribution is 0.0698. The van der Waals surface area contributed by atoms with Gasteiger partial charge in [-0.2, -0.15) is 0 Å². The number of halogens is 2. The smallest absolute Gasteiger partial charge is 0.257 e. The lowest BCUT2D eigenvalue weighted by Crippen LogP contribution is -2.38. The number of likely N-dealkylation sites (tertiary alicyclic amines) is 1. The van der Waals surface area contributed by atoms with Crippen LogP contribution >= 0.6 is 28.3 Å². The maximum Gasteiger partial charge on any atom is 0.257 e. The van der Waals surface area contributed by atoms with Gasteiger partial charge in [-0.05, 0) is 62.1 Å². The number of hydrogen-bond acceptors (Lipinski definition) is 4. The van der Waals surface area contributed by atoms with E-state index in [1.54, 1.807) is 6.20 Å². The average Bonchev–Trinajstić information content (AvgIpc) is 2.70. The van der Waals surface area contributed by atoms with E-state index in [-0.39, 0.29) is 18.3 Å². The molecule has 5 nitrogen and oxygen atoms in total. The van der Waals surface area contributed by atoms with E-state index in [1.807, 2.05) is 48.2 Å². The molecule has 0 radical (unpaired) electrons. The summed E-state index contributed by atoms with van der Waals surface area (Å²) in [6, 6.07) is 11.8. The number of anilines is 2. The van der Waals surface area contributed by atoms with Crippen LogP contribution in [0.15, 0.2) is 47.1 Å². The summed E-state index contributed by atoms with van der Waals surface area (Å²) in [6.07, 6.45) is 3.75. The highest BCUT2D eigenvalue weighted by molar-refractivity contribution is 9.10. The van der Waals surface area contributed by atoms with E-state index in [0.29, 0.717) is 17.1 Å². The van der Waals surface area contributed by atoms with E-state index < -0.39 is 0 Å². The predicted molar refractivity (Wildman–Crippen MR) is 123 cm³/mol. The second kappa shape index (κ2) is 9.09. The molecule has 1 amide bonds. The third-order valence-corrected chi connectivity index (χ3v) is 5.81. The number of rotatable bonds is 3. The summed E-state index contributed by atoms with van der Waals surface area (Å²) in [5.41, 5.74) is 3.82. The number of amides is 1. The Kier molecular flexibility index (Phi) is 6.75. The van der Waals surface area contributed by atoms with Crippen LogP contribution < -0.4 is 5.32 Å². The van der Waals surface area contributed by atoms with Gasteiger partial charge in [0, 0.05) is 40.5 Å². The van der Waals surface area contributed by atoms with E-state index in [1.165, 1.54) is 0 Å². The van der Waals surface area contributed by atoms with Gasteiger partial charge in [0.25, 0.3) is 5.91 Å². The van der Waals surface area contributed by atoms with E-state index in [2.05, 4.69) is 38.1 Å². The molecule has 1 aliphatic rings. The third-order valence-electron chi connectivity index (χ3n) is 5.28. The van der Waals surface area contributed by atoms with Crippen LogP contribution in [0.1, 0.15) is 35.8 Å². The summed E-state index contributed by atoms with van der Waals surface area (Å²) in [4.78, 5) is 24.3. The second-order valence-corrected chi connectivity index (χ2v) is 8.39. The van der Waals surface area contributed by atoms with Gasteiger partial charge < -0.3 is 10.2 Å². The number of carbonyl (C=O) groups excluding carboxylic acids is 1. The first-order valence-corrected chi connectivity index (χ1v) is 10.4. The third kappa shape index (κ3) is 4.70. The Balaban J connectivity index is 0.00000240. The number of nitrogens with zero attached hydrogens (tertiary/aromatic N) is 3. The first kappa shape index (κ1) is 21.5. The Hall–Kier alpha value is -2.18. The highest BCUT2D eigenvalue weighted by atomic mass is 79.9. The van der Waals surface area contributed by atoms with Crippen molar-refractivity contribution in [3.05, 3.63) is 58.3 Å². The van der Waals surface area contributed by atoms with Crippen LogP contribution in [0.3, 0.4) is 0 Å². The van der Waals surface area contributed by atoms with Crippen LogP contribution in [0.4, 0.5) is 11.4 Å². The molecule has 0 aliphatic carbocycles. The standard InChI is InChI=1S/C22H23BrN4O.ClH/c1-14-9-11-27(12-10-14)22(28)19-13-24-21-18(8-3-15(2)25-21)20(19)26-17-6-4-16(23)5-7-17;/h3-8,13-14H,9-12H2,1-2H3,(H,24,25,26);1H. The van der Waals surface area contributed by atoms with Gasteiger partial charge in [0.2, 0.25) is 0 Å². The van der Waals surface area contributed by atoms with Gasteiger partial charge in [-0.1, -0.05) is 22.9 Å². The van der Waals surface area contributed by atoms with Crippen molar-refractivity contribution in [3.63, 3.8) is 0 Å². The van der Waals surface area contributed by atoms with E-state index >= 15 is 0 Å². The van der Waals surface area contributed by atoms with E-state index in [4.69, 9.17) is 0 Å². The van der Waals surface area contributed by atoms with E-state index in [0.717, 1.165) is 52.9 Å². The first-order chi connectivity index (χ1) is 13.5. The molecule has 0 spiro atoms. The Morgan fingerprint density at radius 3 is 2.52 bits per heavy atom. The Morgan fingerprint density at radius 1 is 1.14 bits per heavy atom. The molecule has 7 heteroatoms. The summed E-state index contributed by atoms with van der Waals surface area (Å²) < 4.78 is 1.01. The predicted octanol–water partition coefficient (Wildman–Crippen LogP) is 5.74. The molecule has 4 rings (SSSR count). The topological polar surface area (TPSA) is 58.1 Å². The molecule has 1 aliphatic heterocycles. The largest absolute Gasteiger partial charge is 0.354 e. The minimum atomic E-state index is 0. The second-order valence-electron chi connectivity index (χ2n) is 7.48. The van der Waals surface area contributed by atoms with Crippen LogP contribution in [-0.4, -0.2) is 33.9 Å². The van der Waals surface area contributed by atoms with Gasteiger partial charge >= 0.3 is 0 Å². The van der Waals surface area contributed by atoms with Gasteiger partial charge in [-0.3, -0.25) is 4.79 Å². The van der Waals surface area contributed by atoms with Crippen LogP contribution in [0.2, 0.25) is 0 Å². The fourth-order valence-corrected chi connectivity index (χ4v) is 3.79. The van der Waals surface area contributed by atoms with Crippen LogP contribution in [0.25, 0.3) is 11.0 Å².